The molecule has 138 valence electrons. The molecule has 0 saturated carbocycles. The van der Waals surface area contributed by atoms with Crippen LogP contribution in [0.4, 0.5) is 5.69 Å². The first-order valence-electron chi connectivity index (χ1n) is 8.67. The van der Waals surface area contributed by atoms with Gasteiger partial charge in [-0.3, -0.25) is 4.79 Å². The summed E-state index contributed by atoms with van der Waals surface area (Å²) >= 11 is 18.1. The Morgan fingerprint density at radius 1 is 0.962 bits per heavy atom. The number of piperazine rings is 1. The van der Waals surface area contributed by atoms with Crippen molar-refractivity contribution in [1.82, 2.24) is 4.90 Å². The Balaban J connectivity index is 1.53. The molecule has 1 heterocycles. The SMILES string of the molecule is Cc1ccc(Cl)cc1N1CCN(C(=O)CCc2ccc(Cl)c(Cl)c2)CC1. The zero-order valence-corrected chi connectivity index (χ0v) is 16.9. The van der Waals surface area contributed by atoms with Crippen molar-refractivity contribution in [3.63, 3.8) is 0 Å². The van der Waals surface area contributed by atoms with E-state index in [1.165, 1.54) is 5.56 Å². The molecular weight excluding hydrogens is 391 g/mol. The van der Waals surface area contributed by atoms with Gasteiger partial charge in [-0.25, -0.2) is 0 Å². The number of benzene rings is 2. The molecule has 0 aliphatic carbocycles. The van der Waals surface area contributed by atoms with Crippen molar-refractivity contribution < 1.29 is 4.79 Å². The highest BCUT2D eigenvalue weighted by molar-refractivity contribution is 6.42. The van der Waals surface area contributed by atoms with Crippen molar-refractivity contribution in [2.45, 2.75) is 19.8 Å². The van der Waals surface area contributed by atoms with E-state index in [9.17, 15) is 4.79 Å². The summed E-state index contributed by atoms with van der Waals surface area (Å²) in [5, 5.41) is 1.81. The van der Waals surface area contributed by atoms with Crippen LogP contribution in [-0.4, -0.2) is 37.0 Å². The molecule has 1 amide bonds. The number of hydrogen-bond donors (Lipinski definition) is 0. The quantitative estimate of drug-likeness (QED) is 0.687. The third-order valence-corrected chi connectivity index (χ3v) is 5.73. The van der Waals surface area contributed by atoms with E-state index in [1.807, 2.05) is 35.2 Å². The monoisotopic (exact) mass is 410 g/mol. The van der Waals surface area contributed by atoms with Crippen molar-refractivity contribution in [3.05, 3.63) is 62.6 Å². The number of anilines is 1. The minimum atomic E-state index is 0.179. The van der Waals surface area contributed by atoms with Crippen LogP contribution in [0.2, 0.25) is 15.1 Å². The average molecular weight is 412 g/mol. The molecule has 0 aromatic heterocycles. The average Bonchev–Trinajstić information content (AvgIpc) is 2.64. The highest BCUT2D eigenvalue weighted by atomic mass is 35.5. The summed E-state index contributed by atoms with van der Waals surface area (Å²) in [6.45, 7) is 5.18. The van der Waals surface area contributed by atoms with Gasteiger partial charge in [-0.2, -0.15) is 0 Å². The van der Waals surface area contributed by atoms with Gasteiger partial charge in [0.25, 0.3) is 0 Å². The zero-order chi connectivity index (χ0) is 18.7. The van der Waals surface area contributed by atoms with Gasteiger partial charge in [-0.05, 0) is 48.7 Å². The van der Waals surface area contributed by atoms with Gasteiger partial charge in [0.2, 0.25) is 5.91 Å². The molecule has 6 heteroatoms. The summed E-state index contributed by atoms with van der Waals surface area (Å²) in [6.07, 6.45) is 1.15. The molecule has 26 heavy (non-hydrogen) atoms. The van der Waals surface area contributed by atoms with E-state index in [-0.39, 0.29) is 5.91 Å². The van der Waals surface area contributed by atoms with Crippen molar-refractivity contribution >= 4 is 46.4 Å². The lowest BCUT2D eigenvalue weighted by Gasteiger charge is -2.37. The van der Waals surface area contributed by atoms with Gasteiger partial charge in [0.15, 0.2) is 0 Å². The first-order chi connectivity index (χ1) is 12.4. The van der Waals surface area contributed by atoms with E-state index in [2.05, 4.69) is 11.8 Å². The van der Waals surface area contributed by atoms with Crippen LogP contribution >= 0.6 is 34.8 Å². The Bertz CT molecular complexity index is 802. The smallest absolute Gasteiger partial charge is 0.223 e. The maximum absolute atomic E-state index is 12.5. The number of aryl methyl sites for hydroxylation is 2. The highest BCUT2D eigenvalue weighted by Crippen LogP contribution is 2.26. The largest absolute Gasteiger partial charge is 0.368 e. The summed E-state index contributed by atoms with van der Waals surface area (Å²) in [4.78, 5) is 16.7. The molecule has 2 aromatic carbocycles. The third kappa shape index (κ3) is 4.64. The van der Waals surface area contributed by atoms with Crippen LogP contribution in [-0.2, 0) is 11.2 Å². The zero-order valence-electron chi connectivity index (χ0n) is 14.6. The first-order valence-corrected chi connectivity index (χ1v) is 9.80. The number of amides is 1. The molecule has 2 aromatic rings. The fourth-order valence-corrected chi connectivity index (χ4v) is 3.71. The van der Waals surface area contributed by atoms with Crippen molar-refractivity contribution in [2.75, 3.05) is 31.1 Å². The summed E-state index contributed by atoms with van der Waals surface area (Å²) in [5.41, 5.74) is 3.38. The lowest BCUT2D eigenvalue weighted by Crippen LogP contribution is -2.49. The van der Waals surface area contributed by atoms with Crippen molar-refractivity contribution in [2.24, 2.45) is 0 Å². The lowest BCUT2D eigenvalue weighted by atomic mass is 10.1. The minimum Gasteiger partial charge on any atom is -0.368 e. The Labute approximate surface area is 169 Å². The fraction of sp³-hybridized carbons (Fsp3) is 0.350. The summed E-state index contributed by atoms with van der Waals surface area (Å²) in [7, 11) is 0. The van der Waals surface area contributed by atoms with E-state index >= 15 is 0 Å². The van der Waals surface area contributed by atoms with Gasteiger partial charge in [0.1, 0.15) is 0 Å². The van der Waals surface area contributed by atoms with Crippen LogP contribution < -0.4 is 4.90 Å². The van der Waals surface area contributed by atoms with Crippen LogP contribution in [0.3, 0.4) is 0 Å². The molecule has 0 spiro atoms. The number of rotatable bonds is 4. The van der Waals surface area contributed by atoms with E-state index in [0.717, 1.165) is 42.5 Å². The van der Waals surface area contributed by atoms with Crippen LogP contribution in [0.1, 0.15) is 17.5 Å². The van der Waals surface area contributed by atoms with E-state index < -0.39 is 0 Å². The number of carbonyl (C=O) groups is 1. The van der Waals surface area contributed by atoms with Gasteiger partial charge in [0, 0.05) is 43.3 Å². The van der Waals surface area contributed by atoms with E-state index in [4.69, 9.17) is 34.8 Å². The Morgan fingerprint density at radius 3 is 2.38 bits per heavy atom. The molecule has 0 unspecified atom stereocenters. The summed E-state index contributed by atoms with van der Waals surface area (Å²) in [5.74, 6) is 0.179. The van der Waals surface area contributed by atoms with Gasteiger partial charge in [0.05, 0.1) is 10.0 Å². The predicted molar refractivity (Wildman–Crippen MR) is 110 cm³/mol. The second-order valence-corrected chi connectivity index (χ2v) is 7.80. The van der Waals surface area contributed by atoms with Gasteiger partial charge >= 0.3 is 0 Å². The van der Waals surface area contributed by atoms with E-state index in [0.29, 0.717) is 22.9 Å². The van der Waals surface area contributed by atoms with Crippen molar-refractivity contribution in [3.8, 4) is 0 Å². The molecule has 1 saturated heterocycles. The first kappa shape index (κ1) is 19.3. The van der Waals surface area contributed by atoms with Gasteiger partial charge < -0.3 is 9.80 Å². The molecule has 0 N–H and O–H groups in total. The molecule has 0 radical (unpaired) electrons. The maximum Gasteiger partial charge on any atom is 0.223 e. The van der Waals surface area contributed by atoms with Crippen LogP contribution in [0, 0.1) is 6.92 Å². The lowest BCUT2D eigenvalue weighted by molar-refractivity contribution is -0.131. The van der Waals surface area contributed by atoms with E-state index in [1.54, 1.807) is 6.07 Å². The number of carbonyl (C=O) groups excluding carboxylic acids is 1. The number of hydrogen-bond acceptors (Lipinski definition) is 2. The predicted octanol–water partition coefficient (Wildman–Crippen LogP) is 5.24. The Morgan fingerprint density at radius 2 is 1.69 bits per heavy atom. The molecule has 3 rings (SSSR count). The van der Waals surface area contributed by atoms with Crippen molar-refractivity contribution in [1.29, 1.82) is 0 Å². The normalized spacial score (nSPS) is 14.6. The Hall–Kier alpha value is -1.42. The van der Waals surface area contributed by atoms with Crippen LogP contribution in [0.15, 0.2) is 36.4 Å². The van der Waals surface area contributed by atoms with Crippen LogP contribution in [0.5, 0.6) is 0 Å². The topological polar surface area (TPSA) is 23.6 Å². The molecule has 3 nitrogen and oxygen atoms in total. The Kier molecular flexibility index (Phi) is 6.33. The maximum atomic E-state index is 12.5. The number of halogens is 3. The second kappa shape index (κ2) is 8.51. The fourth-order valence-electron chi connectivity index (χ4n) is 3.22. The molecule has 1 aliphatic rings. The second-order valence-electron chi connectivity index (χ2n) is 6.55. The van der Waals surface area contributed by atoms with Gasteiger partial charge in [-0.1, -0.05) is 46.9 Å². The third-order valence-electron chi connectivity index (χ3n) is 4.76. The molecule has 1 aliphatic heterocycles. The van der Waals surface area contributed by atoms with Gasteiger partial charge in [-0.15, -0.1) is 0 Å². The summed E-state index contributed by atoms with van der Waals surface area (Å²) in [6, 6.07) is 11.5. The highest BCUT2D eigenvalue weighted by Gasteiger charge is 2.22. The number of nitrogens with zero attached hydrogens (tertiary/aromatic N) is 2. The van der Waals surface area contributed by atoms with Crippen LogP contribution in [0.25, 0.3) is 0 Å². The summed E-state index contributed by atoms with van der Waals surface area (Å²) < 4.78 is 0. The molecule has 0 atom stereocenters. The molecular formula is C20H21Cl3N2O. The minimum absolute atomic E-state index is 0.179. The molecule has 0 bridgehead atoms. The molecule has 1 fully saturated rings. The standard InChI is InChI=1S/C20H21Cl3N2O/c1-14-2-5-16(21)13-19(14)24-8-10-25(11-9-24)20(26)7-4-15-3-6-17(22)18(23)12-15/h2-3,5-6,12-13H,4,7-11H2,1H3.